The van der Waals surface area contributed by atoms with E-state index < -0.39 is 0 Å². The molecule has 0 heterocycles. The van der Waals surface area contributed by atoms with Gasteiger partial charge in [-0.3, -0.25) is 9.69 Å². The van der Waals surface area contributed by atoms with Gasteiger partial charge in [-0.2, -0.15) is 0 Å². The molecule has 0 aliphatic heterocycles. The largest absolute Gasteiger partial charge is 0.450 e. The van der Waals surface area contributed by atoms with Gasteiger partial charge in [0, 0.05) is 6.42 Å². The van der Waals surface area contributed by atoms with Crippen molar-refractivity contribution in [1.82, 2.24) is 4.90 Å². The average molecular weight is 187 g/mol. The standard InChI is InChI=1S/C10H21NO2/c1-4-5-6-7-8-10(12)13-9-11(2)3/h4-9H2,1-3H3. The Bertz CT molecular complexity index is 135. The molecule has 0 amide bonds. The zero-order valence-electron chi connectivity index (χ0n) is 9.01. The minimum absolute atomic E-state index is 0.0789. The van der Waals surface area contributed by atoms with Crippen molar-refractivity contribution in [2.75, 3.05) is 20.8 Å². The molecular weight excluding hydrogens is 166 g/mol. The Labute approximate surface area is 81.1 Å². The fourth-order valence-corrected chi connectivity index (χ4v) is 0.969. The minimum Gasteiger partial charge on any atom is -0.450 e. The van der Waals surface area contributed by atoms with Gasteiger partial charge in [-0.05, 0) is 20.5 Å². The molecule has 3 nitrogen and oxygen atoms in total. The molecule has 0 radical (unpaired) electrons. The summed E-state index contributed by atoms with van der Waals surface area (Å²) in [6.45, 7) is 2.55. The molecule has 0 saturated heterocycles. The number of esters is 1. The molecule has 0 unspecified atom stereocenters. The minimum atomic E-state index is -0.0789. The van der Waals surface area contributed by atoms with Crippen molar-refractivity contribution >= 4 is 5.97 Å². The van der Waals surface area contributed by atoms with Gasteiger partial charge in [0.25, 0.3) is 0 Å². The van der Waals surface area contributed by atoms with E-state index in [1.165, 1.54) is 12.8 Å². The first-order valence-corrected chi connectivity index (χ1v) is 4.97. The number of unbranched alkanes of at least 4 members (excludes halogenated alkanes) is 3. The maximum Gasteiger partial charge on any atom is 0.307 e. The summed E-state index contributed by atoms with van der Waals surface area (Å²) in [4.78, 5) is 12.9. The van der Waals surface area contributed by atoms with Crippen LogP contribution in [-0.2, 0) is 9.53 Å². The van der Waals surface area contributed by atoms with Crippen molar-refractivity contribution in [1.29, 1.82) is 0 Å². The van der Waals surface area contributed by atoms with Gasteiger partial charge in [0.05, 0.1) is 0 Å². The molecular formula is C10H21NO2. The van der Waals surface area contributed by atoms with E-state index in [0.717, 1.165) is 12.8 Å². The smallest absolute Gasteiger partial charge is 0.307 e. The van der Waals surface area contributed by atoms with Gasteiger partial charge in [0.2, 0.25) is 0 Å². The van der Waals surface area contributed by atoms with Crippen LogP contribution in [0.25, 0.3) is 0 Å². The predicted molar refractivity (Wildman–Crippen MR) is 53.4 cm³/mol. The third-order valence-corrected chi connectivity index (χ3v) is 1.72. The van der Waals surface area contributed by atoms with E-state index in [2.05, 4.69) is 6.92 Å². The van der Waals surface area contributed by atoms with Crippen molar-refractivity contribution in [3.8, 4) is 0 Å². The van der Waals surface area contributed by atoms with Gasteiger partial charge in [-0.25, -0.2) is 0 Å². The molecule has 0 N–H and O–H groups in total. The summed E-state index contributed by atoms with van der Waals surface area (Å²) in [7, 11) is 3.76. The Hall–Kier alpha value is -0.570. The Balaban J connectivity index is 3.20. The van der Waals surface area contributed by atoms with Crippen LogP contribution in [0.5, 0.6) is 0 Å². The molecule has 0 aliphatic carbocycles. The Morgan fingerprint density at radius 1 is 1.23 bits per heavy atom. The lowest BCUT2D eigenvalue weighted by Gasteiger charge is -2.09. The zero-order valence-corrected chi connectivity index (χ0v) is 9.01. The molecule has 13 heavy (non-hydrogen) atoms. The second-order valence-electron chi connectivity index (χ2n) is 3.54. The lowest BCUT2D eigenvalue weighted by molar-refractivity contribution is -0.147. The summed E-state index contributed by atoms with van der Waals surface area (Å²) in [5.74, 6) is -0.0789. The molecule has 0 bridgehead atoms. The first-order valence-electron chi connectivity index (χ1n) is 4.97. The van der Waals surface area contributed by atoms with Crippen LogP contribution in [0.3, 0.4) is 0 Å². The Morgan fingerprint density at radius 3 is 2.46 bits per heavy atom. The summed E-state index contributed by atoms with van der Waals surface area (Å²) in [5, 5.41) is 0. The van der Waals surface area contributed by atoms with E-state index in [1.54, 1.807) is 0 Å². The van der Waals surface area contributed by atoms with Gasteiger partial charge >= 0.3 is 5.97 Å². The second kappa shape index (κ2) is 8.05. The summed E-state index contributed by atoms with van der Waals surface area (Å²) < 4.78 is 4.97. The van der Waals surface area contributed by atoms with Crippen molar-refractivity contribution in [2.45, 2.75) is 39.0 Å². The Morgan fingerprint density at radius 2 is 1.92 bits per heavy atom. The monoisotopic (exact) mass is 187 g/mol. The highest BCUT2D eigenvalue weighted by molar-refractivity contribution is 5.69. The fourth-order valence-electron chi connectivity index (χ4n) is 0.969. The maximum atomic E-state index is 11.1. The number of rotatable bonds is 7. The summed E-state index contributed by atoms with van der Waals surface area (Å²) in [5.41, 5.74) is 0. The predicted octanol–water partition coefficient (Wildman–Crippen LogP) is 2.02. The fraction of sp³-hybridized carbons (Fsp3) is 0.900. The summed E-state index contributed by atoms with van der Waals surface area (Å²) >= 11 is 0. The van der Waals surface area contributed by atoms with Crippen molar-refractivity contribution in [3.05, 3.63) is 0 Å². The van der Waals surface area contributed by atoms with E-state index in [1.807, 2.05) is 19.0 Å². The summed E-state index contributed by atoms with van der Waals surface area (Å²) in [6.07, 6.45) is 5.06. The van der Waals surface area contributed by atoms with Crippen molar-refractivity contribution < 1.29 is 9.53 Å². The molecule has 0 aromatic heterocycles. The molecule has 0 aliphatic rings. The van der Waals surface area contributed by atoms with E-state index in [-0.39, 0.29) is 5.97 Å². The topological polar surface area (TPSA) is 29.5 Å². The highest BCUT2D eigenvalue weighted by atomic mass is 16.5. The molecule has 0 spiro atoms. The van der Waals surface area contributed by atoms with Crippen LogP contribution in [0.1, 0.15) is 39.0 Å². The number of carbonyl (C=O) groups excluding carboxylic acids is 1. The molecule has 0 aromatic rings. The Kier molecular flexibility index (Phi) is 7.69. The second-order valence-corrected chi connectivity index (χ2v) is 3.54. The highest BCUT2D eigenvalue weighted by Crippen LogP contribution is 2.03. The SMILES string of the molecule is CCCCCCC(=O)OCN(C)C. The molecule has 0 rings (SSSR count). The third kappa shape index (κ3) is 9.34. The quantitative estimate of drug-likeness (QED) is 0.347. The first kappa shape index (κ1) is 12.4. The maximum absolute atomic E-state index is 11.1. The van der Waals surface area contributed by atoms with Crippen LogP contribution >= 0.6 is 0 Å². The molecule has 0 saturated carbocycles. The normalized spacial score (nSPS) is 10.5. The van der Waals surface area contributed by atoms with E-state index in [0.29, 0.717) is 13.2 Å². The van der Waals surface area contributed by atoms with E-state index in [9.17, 15) is 4.79 Å². The van der Waals surface area contributed by atoms with Crippen molar-refractivity contribution in [2.24, 2.45) is 0 Å². The number of hydrogen-bond acceptors (Lipinski definition) is 3. The lowest BCUT2D eigenvalue weighted by Crippen LogP contribution is -2.19. The van der Waals surface area contributed by atoms with Crippen LogP contribution in [0.4, 0.5) is 0 Å². The number of nitrogens with zero attached hydrogens (tertiary/aromatic N) is 1. The van der Waals surface area contributed by atoms with Crippen LogP contribution in [0.2, 0.25) is 0 Å². The van der Waals surface area contributed by atoms with E-state index >= 15 is 0 Å². The van der Waals surface area contributed by atoms with E-state index in [4.69, 9.17) is 4.74 Å². The average Bonchev–Trinajstić information content (AvgIpc) is 2.09. The molecule has 78 valence electrons. The van der Waals surface area contributed by atoms with Gasteiger partial charge in [0.15, 0.2) is 0 Å². The first-order chi connectivity index (χ1) is 6.16. The zero-order chi connectivity index (χ0) is 10.1. The number of ether oxygens (including phenoxy) is 1. The molecule has 0 fully saturated rings. The molecule has 3 heteroatoms. The van der Waals surface area contributed by atoms with Crippen LogP contribution in [0.15, 0.2) is 0 Å². The number of hydrogen-bond donors (Lipinski definition) is 0. The van der Waals surface area contributed by atoms with Gasteiger partial charge < -0.3 is 4.74 Å². The third-order valence-electron chi connectivity index (χ3n) is 1.72. The molecule has 0 atom stereocenters. The molecule has 0 aromatic carbocycles. The lowest BCUT2D eigenvalue weighted by atomic mass is 10.2. The van der Waals surface area contributed by atoms with Crippen molar-refractivity contribution in [3.63, 3.8) is 0 Å². The number of carbonyl (C=O) groups is 1. The summed E-state index contributed by atoms with van der Waals surface area (Å²) in [6, 6.07) is 0. The van der Waals surface area contributed by atoms with Crippen LogP contribution < -0.4 is 0 Å². The van der Waals surface area contributed by atoms with Gasteiger partial charge in [0.1, 0.15) is 6.73 Å². The van der Waals surface area contributed by atoms with Gasteiger partial charge in [-0.15, -0.1) is 0 Å². The van der Waals surface area contributed by atoms with Gasteiger partial charge in [-0.1, -0.05) is 26.2 Å². The van der Waals surface area contributed by atoms with Crippen LogP contribution in [0, 0.1) is 0 Å². The van der Waals surface area contributed by atoms with Crippen LogP contribution in [-0.4, -0.2) is 31.7 Å². The highest BCUT2D eigenvalue weighted by Gasteiger charge is 2.02.